The first kappa shape index (κ1) is 35.3. The van der Waals surface area contributed by atoms with Crippen LogP contribution in [0.1, 0.15) is 43.5 Å². The Morgan fingerprint density at radius 3 is 2.57 bits per heavy atom. The number of ketones is 1. The van der Waals surface area contributed by atoms with Crippen molar-refractivity contribution in [3.63, 3.8) is 0 Å². The molecule has 0 unspecified atom stereocenters. The second-order valence-electron chi connectivity index (χ2n) is 11.3. The largest absolute Gasteiger partial charge is 0.370 e. The van der Waals surface area contributed by atoms with Gasteiger partial charge < -0.3 is 31.5 Å². The number of halogens is 2. The zero-order chi connectivity index (χ0) is 34.2. The van der Waals surface area contributed by atoms with Gasteiger partial charge in [-0.15, -0.1) is 0 Å². The minimum Gasteiger partial charge on any atom is -0.370 e. The molecule has 0 saturated carbocycles. The minimum atomic E-state index is -3.19. The first-order valence-corrected chi connectivity index (χ1v) is 14.5. The molecule has 5 N–H and O–H groups in total. The Labute approximate surface area is 264 Å². The van der Waals surface area contributed by atoms with Crippen LogP contribution in [-0.2, 0) is 19.2 Å². The van der Waals surface area contributed by atoms with E-state index in [2.05, 4.69) is 25.9 Å². The molecule has 1 aliphatic heterocycles. The molecular weight excluding hydrogens is 604 g/mol. The lowest BCUT2D eigenvalue weighted by atomic mass is 9.98. The van der Waals surface area contributed by atoms with E-state index in [-0.39, 0.29) is 34.4 Å². The lowest BCUT2D eigenvalue weighted by molar-refractivity contribution is -0.138. The van der Waals surface area contributed by atoms with Crippen molar-refractivity contribution in [2.24, 2.45) is 16.6 Å². The summed E-state index contributed by atoms with van der Waals surface area (Å²) in [6, 6.07) is 5.30. The number of rotatable bonds is 11. The molecule has 14 nitrogen and oxygen atoms in total. The van der Waals surface area contributed by atoms with E-state index in [9.17, 15) is 32.8 Å². The third-order valence-electron chi connectivity index (χ3n) is 7.21. The van der Waals surface area contributed by atoms with Crippen LogP contribution >= 0.6 is 0 Å². The van der Waals surface area contributed by atoms with Crippen LogP contribution in [0.15, 0.2) is 35.5 Å². The lowest BCUT2D eigenvalue weighted by Gasteiger charge is -2.19. The van der Waals surface area contributed by atoms with Gasteiger partial charge in [0, 0.05) is 44.6 Å². The van der Waals surface area contributed by atoms with Crippen LogP contribution in [0.5, 0.6) is 0 Å². The van der Waals surface area contributed by atoms with Crippen LogP contribution in [0.25, 0.3) is 10.9 Å². The van der Waals surface area contributed by atoms with Gasteiger partial charge in [0.1, 0.15) is 6.04 Å². The highest BCUT2D eigenvalue weighted by molar-refractivity contribution is 6.40. The van der Waals surface area contributed by atoms with E-state index < -0.39 is 67.1 Å². The quantitative estimate of drug-likeness (QED) is 0.120. The number of amides is 4. The smallest absolute Gasteiger partial charge is 0.313 e. The number of pyridine rings is 1. The fraction of sp³-hybridized carbons (Fsp3) is 0.467. The van der Waals surface area contributed by atoms with E-state index in [4.69, 9.17) is 11.0 Å². The Morgan fingerprint density at radius 1 is 1.20 bits per heavy atom. The fourth-order valence-corrected chi connectivity index (χ4v) is 4.74. The first-order chi connectivity index (χ1) is 21.6. The van der Waals surface area contributed by atoms with Crippen molar-refractivity contribution in [1.82, 2.24) is 25.4 Å². The summed E-state index contributed by atoms with van der Waals surface area (Å²) in [7, 11) is 3.48. The van der Waals surface area contributed by atoms with E-state index in [1.807, 2.05) is 0 Å². The van der Waals surface area contributed by atoms with E-state index in [1.54, 1.807) is 38.9 Å². The Hall–Kier alpha value is -5.20. The van der Waals surface area contributed by atoms with E-state index in [0.29, 0.717) is 18.9 Å². The summed E-state index contributed by atoms with van der Waals surface area (Å²) in [5.41, 5.74) is 6.08. The van der Waals surface area contributed by atoms with Gasteiger partial charge in [0.2, 0.25) is 5.91 Å². The van der Waals surface area contributed by atoms with Crippen molar-refractivity contribution < 1.29 is 32.8 Å². The predicted molar refractivity (Wildman–Crippen MR) is 165 cm³/mol. The normalized spacial score (nSPS) is 16.4. The molecular formula is C30H37F2N9O5. The van der Waals surface area contributed by atoms with Gasteiger partial charge in [-0.2, -0.15) is 5.26 Å². The molecule has 0 bridgehead atoms. The van der Waals surface area contributed by atoms with Crippen molar-refractivity contribution in [1.29, 1.82) is 5.26 Å². The maximum Gasteiger partial charge on any atom is 0.313 e. The number of para-hydroxylation sites is 1. The number of hydrogen-bond acceptors (Lipinski definition) is 8. The molecule has 2 atom stereocenters. The summed E-state index contributed by atoms with van der Waals surface area (Å²) in [6.45, 7) is 2.14. The molecule has 4 amide bonds. The van der Waals surface area contributed by atoms with Gasteiger partial charge in [-0.05, 0) is 25.0 Å². The SMILES string of the molecule is CC(C)C(=O)[C@H](CCCN=C(N)N(C)C)NC(=O)C(=O)Nc1cccc2c(C(=O)NCC(=O)N3CC(F)(F)C[C@H]3C#N)ccnc12. The molecule has 2 aromatic rings. The van der Waals surface area contributed by atoms with Crippen LogP contribution in [0.4, 0.5) is 14.5 Å². The van der Waals surface area contributed by atoms with Gasteiger partial charge in [0.15, 0.2) is 11.7 Å². The van der Waals surface area contributed by atoms with Gasteiger partial charge in [0.25, 0.3) is 11.8 Å². The van der Waals surface area contributed by atoms with Crippen molar-refractivity contribution in [2.75, 3.05) is 39.0 Å². The zero-order valence-corrected chi connectivity index (χ0v) is 26.0. The maximum atomic E-state index is 13.7. The number of nitrogens with one attached hydrogen (secondary N) is 3. The monoisotopic (exact) mass is 641 g/mol. The molecule has 2 heterocycles. The Balaban J connectivity index is 1.69. The number of anilines is 1. The van der Waals surface area contributed by atoms with Crippen molar-refractivity contribution in [2.45, 2.75) is 51.1 Å². The molecule has 1 aromatic carbocycles. The molecule has 16 heteroatoms. The van der Waals surface area contributed by atoms with Gasteiger partial charge in [-0.3, -0.25) is 33.9 Å². The van der Waals surface area contributed by atoms with Crippen molar-refractivity contribution in [3.05, 3.63) is 36.0 Å². The number of benzene rings is 1. The maximum absolute atomic E-state index is 13.7. The molecule has 0 aliphatic carbocycles. The number of guanidine groups is 1. The summed E-state index contributed by atoms with van der Waals surface area (Å²) in [5.74, 6) is -7.23. The van der Waals surface area contributed by atoms with Gasteiger partial charge in [-0.25, -0.2) is 8.78 Å². The number of Topliss-reactive ketones (excluding diaryl/α,β-unsaturated/α-hetero) is 1. The number of nitrogens with two attached hydrogens (primary N) is 1. The van der Waals surface area contributed by atoms with Crippen LogP contribution in [-0.4, -0.2) is 102 Å². The molecule has 1 saturated heterocycles. The summed E-state index contributed by atoms with van der Waals surface area (Å²) in [4.78, 5) is 74.8. The number of aromatic nitrogens is 1. The highest BCUT2D eigenvalue weighted by Crippen LogP contribution is 2.31. The lowest BCUT2D eigenvalue weighted by Crippen LogP contribution is -2.47. The molecule has 3 rings (SSSR count). The Kier molecular flexibility index (Phi) is 11.7. The van der Waals surface area contributed by atoms with Gasteiger partial charge in [-0.1, -0.05) is 26.0 Å². The van der Waals surface area contributed by atoms with Gasteiger partial charge >= 0.3 is 11.8 Å². The molecule has 0 spiro atoms. The third-order valence-corrected chi connectivity index (χ3v) is 7.21. The number of nitrogens with zero attached hydrogens (tertiary/aromatic N) is 5. The molecule has 1 aromatic heterocycles. The highest BCUT2D eigenvalue weighted by atomic mass is 19.3. The average Bonchev–Trinajstić information content (AvgIpc) is 3.34. The van der Waals surface area contributed by atoms with Crippen LogP contribution < -0.4 is 21.7 Å². The van der Waals surface area contributed by atoms with E-state index in [1.165, 1.54) is 30.5 Å². The topological polar surface area (TPSA) is 203 Å². The minimum absolute atomic E-state index is 0.0575. The highest BCUT2D eigenvalue weighted by Gasteiger charge is 2.47. The average molecular weight is 642 g/mol. The van der Waals surface area contributed by atoms with Gasteiger partial charge in [0.05, 0.1) is 42.0 Å². The van der Waals surface area contributed by atoms with Crippen LogP contribution in [0.2, 0.25) is 0 Å². The number of fused-ring (bicyclic) bond motifs is 1. The molecule has 1 aliphatic rings. The Bertz CT molecular complexity index is 1570. The summed E-state index contributed by atoms with van der Waals surface area (Å²) < 4.78 is 27.5. The van der Waals surface area contributed by atoms with Crippen molar-refractivity contribution >= 4 is 52.0 Å². The molecule has 46 heavy (non-hydrogen) atoms. The van der Waals surface area contributed by atoms with E-state index >= 15 is 0 Å². The number of nitriles is 1. The predicted octanol–water partition coefficient (Wildman–Crippen LogP) is 1.03. The number of carbonyl (C=O) groups is 5. The first-order valence-electron chi connectivity index (χ1n) is 14.5. The number of hydrogen-bond donors (Lipinski definition) is 4. The fourth-order valence-electron chi connectivity index (χ4n) is 4.74. The number of carbonyl (C=O) groups excluding carboxylic acids is 5. The third kappa shape index (κ3) is 8.93. The number of alkyl halides is 2. The second-order valence-corrected chi connectivity index (χ2v) is 11.3. The van der Waals surface area contributed by atoms with Crippen molar-refractivity contribution in [3.8, 4) is 6.07 Å². The molecule has 1 fully saturated rings. The second kappa shape index (κ2) is 15.2. The summed E-state index contributed by atoms with van der Waals surface area (Å²) in [5, 5.41) is 16.7. The number of aliphatic imine (C=N–C) groups is 1. The molecule has 0 radical (unpaired) electrons. The summed E-state index contributed by atoms with van der Waals surface area (Å²) in [6.07, 6.45) is 1.16. The standard InChI is InChI=1S/C30H37F2N9O5/c1-17(2)25(43)22(9-6-11-36-29(34)40(3)4)39-28(46)27(45)38-21-8-5-7-19-20(10-12-35-24(19)21)26(44)37-15-23(42)41-16-30(31,32)13-18(41)14-33/h5,7-8,10,12,17-18,22H,6,9,11,13,15-16H2,1-4H3,(H2,34,36)(H,37,44)(H,38,45)(H,39,46)/t18-,22-/m0/s1. The van der Waals surface area contributed by atoms with Crippen LogP contribution in [0, 0.1) is 17.2 Å². The zero-order valence-electron chi connectivity index (χ0n) is 26.0. The Morgan fingerprint density at radius 2 is 1.91 bits per heavy atom. The van der Waals surface area contributed by atoms with Crippen LogP contribution in [0.3, 0.4) is 0 Å². The van der Waals surface area contributed by atoms with E-state index in [0.717, 1.165) is 4.90 Å². The number of likely N-dealkylation sites (tertiary alicyclic amines) is 1. The molecule has 246 valence electrons. The summed E-state index contributed by atoms with van der Waals surface area (Å²) >= 11 is 0.